The smallest absolute Gasteiger partial charge is 0.372 e. The van der Waals surface area contributed by atoms with Crippen molar-refractivity contribution in [3.8, 4) is 0 Å². The number of morpholine rings is 1. The summed E-state index contributed by atoms with van der Waals surface area (Å²) in [5.41, 5.74) is -1.37. The highest BCUT2D eigenvalue weighted by Gasteiger charge is 2.35. The van der Waals surface area contributed by atoms with Gasteiger partial charge in [0.25, 0.3) is 11.5 Å². The molecule has 3 unspecified atom stereocenters. The Hall–Kier alpha value is -3.54. The number of anilines is 1. The predicted octanol–water partition coefficient (Wildman–Crippen LogP) is 3.46. The van der Waals surface area contributed by atoms with Crippen molar-refractivity contribution in [2.75, 3.05) is 18.4 Å². The molecule has 1 saturated heterocycles. The number of halogens is 3. The van der Waals surface area contributed by atoms with Gasteiger partial charge in [0.15, 0.2) is 0 Å². The summed E-state index contributed by atoms with van der Waals surface area (Å²) < 4.78 is 47.1. The molecule has 3 aromatic rings. The Morgan fingerprint density at radius 3 is 2.43 bits per heavy atom. The predicted molar refractivity (Wildman–Crippen MR) is 122 cm³/mol. The topological polar surface area (TPSA) is 113 Å². The normalized spacial score (nSPS) is 19.6. The third-order valence-corrected chi connectivity index (χ3v) is 5.72. The molecule has 3 heterocycles. The lowest BCUT2D eigenvalue weighted by molar-refractivity contribution is -0.138. The van der Waals surface area contributed by atoms with E-state index in [9.17, 15) is 22.8 Å². The fourth-order valence-electron chi connectivity index (χ4n) is 4.23. The van der Waals surface area contributed by atoms with Crippen molar-refractivity contribution in [3.63, 3.8) is 0 Å². The molecule has 0 radical (unpaired) electrons. The van der Waals surface area contributed by atoms with E-state index in [-0.39, 0.29) is 51.9 Å². The molecule has 12 heteroatoms. The number of alkyl halides is 3. The maximum atomic E-state index is 13.8. The average Bonchev–Trinajstić information content (AvgIpc) is 2.77. The SMILES string of the molecule is Cc1nc2cc(C(F)(F)F)c(C(C)Nc3ncc(C(=O)N4CC(C)OC(C)C4)cn3)cc2c(=O)[nH]1. The van der Waals surface area contributed by atoms with Crippen molar-refractivity contribution < 1.29 is 22.7 Å². The van der Waals surface area contributed by atoms with Crippen LogP contribution in [-0.4, -0.2) is 56.0 Å². The van der Waals surface area contributed by atoms with Gasteiger partial charge in [0.05, 0.1) is 40.3 Å². The average molecular weight is 490 g/mol. The van der Waals surface area contributed by atoms with Crippen LogP contribution >= 0.6 is 0 Å². The molecule has 0 aliphatic carbocycles. The quantitative estimate of drug-likeness (QED) is 0.576. The molecular formula is C23H25F3N6O3. The van der Waals surface area contributed by atoms with Crippen molar-refractivity contribution in [2.24, 2.45) is 0 Å². The molecule has 186 valence electrons. The van der Waals surface area contributed by atoms with Gasteiger partial charge in [0, 0.05) is 25.5 Å². The molecule has 0 bridgehead atoms. The summed E-state index contributed by atoms with van der Waals surface area (Å²) in [6.45, 7) is 7.65. The van der Waals surface area contributed by atoms with E-state index >= 15 is 0 Å². The molecule has 2 aromatic heterocycles. The number of hydrogen-bond donors (Lipinski definition) is 2. The summed E-state index contributed by atoms with van der Waals surface area (Å²) in [4.78, 5) is 41.5. The number of H-pyrrole nitrogens is 1. The number of fused-ring (bicyclic) bond motifs is 1. The zero-order valence-electron chi connectivity index (χ0n) is 19.6. The largest absolute Gasteiger partial charge is 0.416 e. The Morgan fingerprint density at radius 1 is 1.20 bits per heavy atom. The van der Waals surface area contributed by atoms with Crippen LogP contribution in [0.2, 0.25) is 0 Å². The maximum absolute atomic E-state index is 13.8. The lowest BCUT2D eigenvalue weighted by Crippen LogP contribution is -2.48. The first-order valence-electron chi connectivity index (χ1n) is 11.1. The van der Waals surface area contributed by atoms with E-state index in [1.807, 2.05) is 13.8 Å². The van der Waals surface area contributed by atoms with Gasteiger partial charge in [-0.25, -0.2) is 15.0 Å². The van der Waals surface area contributed by atoms with Gasteiger partial charge in [0.1, 0.15) is 5.82 Å². The number of ether oxygens (including phenoxy) is 1. The Bertz CT molecular complexity index is 1300. The summed E-state index contributed by atoms with van der Waals surface area (Å²) in [7, 11) is 0. The first kappa shape index (κ1) is 24.6. The molecule has 2 N–H and O–H groups in total. The Balaban J connectivity index is 1.59. The second-order valence-electron chi connectivity index (χ2n) is 8.73. The fraction of sp³-hybridized carbons (Fsp3) is 0.435. The van der Waals surface area contributed by atoms with Crippen LogP contribution in [0.3, 0.4) is 0 Å². The molecule has 35 heavy (non-hydrogen) atoms. The van der Waals surface area contributed by atoms with Gasteiger partial charge in [0.2, 0.25) is 5.95 Å². The van der Waals surface area contributed by atoms with Crippen molar-refractivity contribution in [1.82, 2.24) is 24.8 Å². The molecule has 1 amide bonds. The van der Waals surface area contributed by atoms with E-state index in [0.717, 1.165) is 6.07 Å². The third kappa shape index (κ3) is 5.26. The number of aryl methyl sites for hydroxylation is 1. The zero-order valence-corrected chi connectivity index (χ0v) is 19.6. The number of carbonyl (C=O) groups is 1. The minimum absolute atomic E-state index is 0.0413. The van der Waals surface area contributed by atoms with E-state index in [1.54, 1.807) is 4.90 Å². The van der Waals surface area contributed by atoms with Crippen LogP contribution in [0.5, 0.6) is 0 Å². The maximum Gasteiger partial charge on any atom is 0.416 e. The van der Waals surface area contributed by atoms with E-state index in [2.05, 4.69) is 25.3 Å². The molecule has 0 saturated carbocycles. The number of hydrogen-bond acceptors (Lipinski definition) is 7. The summed E-state index contributed by atoms with van der Waals surface area (Å²) >= 11 is 0. The molecule has 1 aromatic carbocycles. The number of nitrogens with one attached hydrogen (secondary N) is 2. The minimum Gasteiger partial charge on any atom is -0.372 e. The molecule has 4 rings (SSSR count). The molecule has 9 nitrogen and oxygen atoms in total. The van der Waals surface area contributed by atoms with Crippen LogP contribution in [0, 0.1) is 6.92 Å². The highest BCUT2D eigenvalue weighted by Crippen LogP contribution is 2.37. The van der Waals surface area contributed by atoms with Crippen LogP contribution in [0.1, 0.15) is 54.1 Å². The second-order valence-corrected chi connectivity index (χ2v) is 8.73. The van der Waals surface area contributed by atoms with Crippen molar-refractivity contribution in [2.45, 2.75) is 52.1 Å². The molecule has 1 aliphatic rings. The number of aromatic nitrogens is 4. The number of nitrogens with zero attached hydrogens (tertiary/aromatic N) is 4. The summed E-state index contributed by atoms with van der Waals surface area (Å²) in [6.07, 6.45) is -2.20. The van der Waals surface area contributed by atoms with Crippen LogP contribution in [0.4, 0.5) is 19.1 Å². The molecule has 3 atom stereocenters. The van der Waals surface area contributed by atoms with Gasteiger partial charge in [-0.2, -0.15) is 13.2 Å². The minimum atomic E-state index is -4.67. The van der Waals surface area contributed by atoms with Gasteiger partial charge >= 0.3 is 6.18 Å². The first-order valence-corrected chi connectivity index (χ1v) is 11.1. The van der Waals surface area contributed by atoms with Crippen LogP contribution in [0.15, 0.2) is 29.3 Å². The standard InChI is InChI=1S/C23H25F3N6O3/c1-11-9-32(10-12(2)35-11)21(34)15-7-27-22(28-8-15)29-13(3)16-5-17-19(6-18(16)23(24,25)26)30-14(4)31-20(17)33/h5-8,11-13H,9-10H2,1-4H3,(H,27,28,29)(H,30,31,33). The van der Waals surface area contributed by atoms with Gasteiger partial charge in [-0.1, -0.05) is 0 Å². The molecular weight excluding hydrogens is 465 g/mol. The fourth-order valence-corrected chi connectivity index (χ4v) is 4.23. The van der Waals surface area contributed by atoms with Gasteiger partial charge in [-0.15, -0.1) is 0 Å². The first-order chi connectivity index (χ1) is 16.4. The summed E-state index contributed by atoms with van der Waals surface area (Å²) in [6, 6.07) is 1.15. The van der Waals surface area contributed by atoms with Gasteiger partial charge in [-0.3, -0.25) is 9.59 Å². The lowest BCUT2D eigenvalue weighted by atomic mass is 9.98. The lowest BCUT2D eigenvalue weighted by Gasteiger charge is -2.35. The van der Waals surface area contributed by atoms with Crippen molar-refractivity contribution in [3.05, 3.63) is 57.4 Å². The van der Waals surface area contributed by atoms with Crippen molar-refractivity contribution >= 4 is 22.8 Å². The van der Waals surface area contributed by atoms with E-state index in [4.69, 9.17) is 4.74 Å². The van der Waals surface area contributed by atoms with Crippen LogP contribution in [-0.2, 0) is 10.9 Å². The van der Waals surface area contributed by atoms with E-state index in [0.29, 0.717) is 13.1 Å². The zero-order chi connectivity index (χ0) is 25.5. The number of rotatable bonds is 4. The highest BCUT2D eigenvalue weighted by molar-refractivity contribution is 5.93. The number of benzene rings is 1. The second kappa shape index (κ2) is 9.25. The summed E-state index contributed by atoms with van der Waals surface area (Å²) in [5, 5.41) is 2.87. The van der Waals surface area contributed by atoms with E-state index in [1.165, 1.54) is 32.3 Å². The number of carbonyl (C=O) groups excluding carboxylic acids is 1. The Labute approximate surface area is 198 Å². The Kier molecular flexibility index (Phi) is 6.50. The number of aromatic amines is 1. The van der Waals surface area contributed by atoms with Gasteiger partial charge in [-0.05, 0) is 45.4 Å². The summed E-state index contributed by atoms with van der Waals surface area (Å²) in [5.74, 6) is 0.0167. The highest BCUT2D eigenvalue weighted by atomic mass is 19.4. The van der Waals surface area contributed by atoms with E-state index < -0.39 is 23.3 Å². The Morgan fingerprint density at radius 2 is 1.83 bits per heavy atom. The number of amides is 1. The molecule has 1 fully saturated rings. The van der Waals surface area contributed by atoms with Crippen molar-refractivity contribution in [1.29, 1.82) is 0 Å². The monoisotopic (exact) mass is 490 g/mol. The third-order valence-electron chi connectivity index (χ3n) is 5.72. The van der Waals surface area contributed by atoms with Crippen LogP contribution < -0.4 is 10.9 Å². The molecule has 0 spiro atoms. The molecule has 1 aliphatic heterocycles. The van der Waals surface area contributed by atoms with Gasteiger partial charge < -0.3 is 19.9 Å². The van der Waals surface area contributed by atoms with Crippen LogP contribution in [0.25, 0.3) is 10.9 Å².